The van der Waals surface area contributed by atoms with E-state index >= 15 is 0 Å². The number of carbonyl (C=O) groups is 2. The summed E-state index contributed by atoms with van der Waals surface area (Å²) in [4.78, 5) is 22.5. The third-order valence-electron chi connectivity index (χ3n) is 2.25. The van der Waals surface area contributed by atoms with Gasteiger partial charge in [-0.25, -0.2) is 4.79 Å². The lowest BCUT2D eigenvalue weighted by atomic mass is 10.1. The number of amides is 1. The number of hydrogen-bond acceptors (Lipinski definition) is 4. The third-order valence-corrected chi connectivity index (χ3v) is 2.25. The highest BCUT2D eigenvalue weighted by molar-refractivity contribution is 5.83. The average molecular weight is 275 g/mol. The van der Waals surface area contributed by atoms with Gasteiger partial charge in [0.15, 0.2) is 0 Å². The van der Waals surface area contributed by atoms with Crippen LogP contribution in [0.2, 0.25) is 0 Å². The van der Waals surface area contributed by atoms with Crippen LogP contribution in [0.25, 0.3) is 0 Å². The van der Waals surface area contributed by atoms with Crippen LogP contribution in [0.15, 0.2) is 0 Å². The summed E-state index contributed by atoms with van der Waals surface area (Å²) in [6.07, 6.45) is 0.407. The Kier molecular flexibility index (Phi) is 8.34. The molecule has 2 N–H and O–H groups in total. The molecular formula is C13H25NO5. The molecule has 0 aliphatic carbocycles. The molecule has 0 aromatic carbocycles. The molecule has 6 heteroatoms. The minimum atomic E-state index is -1.05. The number of aliphatic carboxylic acids is 1. The second-order valence-electron chi connectivity index (χ2n) is 5.15. The van der Waals surface area contributed by atoms with Crippen LogP contribution < -0.4 is 5.32 Å². The Morgan fingerprint density at radius 1 is 1.26 bits per heavy atom. The van der Waals surface area contributed by atoms with Crippen molar-refractivity contribution >= 4 is 11.9 Å². The van der Waals surface area contributed by atoms with Crippen LogP contribution in [0.5, 0.6) is 0 Å². The largest absolute Gasteiger partial charge is 0.480 e. The zero-order valence-corrected chi connectivity index (χ0v) is 12.2. The van der Waals surface area contributed by atoms with Crippen molar-refractivity contribution in [3.63, 3.8) is 0 Å². The van der Waals surface area contributed by atoms with E-state index in [2.05, 4.69) is 5.32 Å². The number of carbonyl (C=O) groups excluding carboxylic acids is 1. The first-order chi connectivity index (χ1) is 8.76. The molecule has 0 aliphatic rings. The highest BCUT2D eigenvalue weighted by Gasteiger charge is 2.20. The summed E-state index contributed by atoms with van der Waals surface area (Å²) < 4.78 is 10.5. The Hall–Kier alpha value is -1.14. The first kappa shape index (κ1) is 17.9. The normalized spacial score (nSPS) is 13.1. The molecule has 0 aliphatic heterocycles. The molecule has 0 heterocycles. The van der Waals surface area contributed by atoms with Crippen molar-refractivity contribution in [3.05, 3.63) is 0 Å². The first-order valence-corrected chi connectivity index (χ1v) is 6.50. The Morgan fingerprint density at radius 3 is 2.37 bits per heavy atom. The summed E-state index contributed by atoms with van der Waals surface area (Å²) in [6.45, 7) is 8.63. The van der Waals surface area contributed by atoms with E-state index in [1.165, 1.54) is 0 Å². The zero-order valence-electron chi connectivity index (χ0n) is 12.2. The van der Waals surface area contributed by atoms with Crippen LogP contribution in [0.1, 0.15) is 40.5 Å². The minimum Gasteiger partial charge on any atom is -0.480 e. The molecule has 0 saturated carbocycles. The minimum absolute atomic E-state index is 0.164. The fourth-order valence-electron chi connectivity index (χ4n) is 1.32. The van der Waals surface area contributed by atoms with Crippen molar-refractivity contribution in [2.24, 2.45) is 0 Å². The van der Waals surface area contributed by atoms with Crippen molar-refractivity contribution < 1.29 is 24.2 Å². The van der Waals surface area contributed by atoms with Gasteiger partial charge in [0.05, 0.1) is 12.2 Å². The van der Waals surface area contributed by atoms with Crippen molar-refractivity contribution in [3.8, 4) is 0 Å². The first-order valence-electron chi connectivity index (χ1n) is 6.50. The molecule has 0 spiro atoms. The van der Waals surface area contributed by atoms with E-state index in [1.807, 2.05) is 27.7 Å². The number of hydrogen-bond donors (Lipinski definition) is 2. The van der Waals surface area contributed by atoms with Crippen LogP contribution in [-0.4, -0.2) is 48.4 Å². The van der Waals surface area contributed by atoms with Gasteiger partial charge in [-0.05, 0) is 27.7 Å². The second-order valence-corrected chi connectivity index (χ2v) is 5.15. The molecule has 19 heavy (non-hydrogen) atoms. The molecule has 1 atom stereocenters. The van der Waals surface area contributed by atoms with Gasteiger partial charge >= 0.3 is 5.97 Å². The van der Waals surface area contributed by atoms with E-state index in [0.29, 0.717) is 13.2 Å². The van der Waals surface area contributed by atoms with Gasteiger partial charge < -0.3 is 19.9 Å². The summed E-state index contributed by atoms with van der Waals surface area (Å²) in [5, 5.41) is 11.5. The quantitative estimate of drug-likeness (QED) is 0.617. The Balaban J connectivity index is 4.05. The van der Waals surface area contributed by atoms with Gasteiger partial charge in [0.25, 0.3) is 0 Å². The molecule has 0 rings (SSSR count). The lowest BCUT2D eigenvalue weighted by Gasteiger charge is -2.21. The topological polar surface area (TPSA) is 84.9 Å². The van der Waals surface area contributed by atoms with Crippen LogP contribution in [0.4, 0.5) is 0 Å². The zero-order chi connectivity index (χ0) is 14.9. The van der Waals surface area contributed by atoms with Gasteiger partial charge in [-0.1, -0.05) is 0 Å². The molecule has 0 radical (unpaired) electrons. The summed E-state index contributed by atoms with van der Waals surface area (Å²) in [5.74, 6) is -1.38. The monoisotopic (exact) mass is 275 g/mol. The van der Waals surface area contributed by atoms with E-state index in [0.717, 1.165) is 0 Å². The SMILES string of the molecule is CCOCCC(=O)NC(CCOC(C)(C)C)C(=O)O. The van der Waals surface area contributed by atoms with Gasteiger partial charge in [-0.2, -0.15) is 0 Å². The Labute approximate surface area is 114 Å². The van der Waals surface area contributed by atoms with Crippen molar-refractivity contribution in [1.82, 2.24) is 5.32 Å². The van der Waals surface area contributed by atoms with E-state index in [1.54, 1.807) is 0 Å². The van der Waals surface area contributed by atoms with Crippen LogP contribution in [0, 0.1) is 0 Å². The molecule has 6 nitrogen and oxygen atoms in total. The lowest BCUT2D eigenvalue weighted by Crippen LogP contribution is -2.42. The summed E-state index contributed by atoms with van der Waals surface area (Å²) >= 11 is 0. The highest BCUT2D eigenvalue weighted by atomic mass is 16.5. The molecule has 0 saturated heterocycles. The van der Waals surface area contributed by atoms with Crippen molar-refractivity contribution in [2.75, 3.05) is 19.8 Å². The number of ether oxygens (including phenoxy) is 2. The fourth-order valence-corrected chi connectivity index (χ4v) is 1.32. The summed E-state index contributed by atoms with van der Waals surface area (Å²) in [7, 11) is 0. The van der Waals surface area contributed by atoms with E-state index in [-0.39, 0.29) is 31.0 Å². The number of carboxylic acids is 1. The molecule has 0 aromatic heterocycles. The average Bonchev–Trinajstić information content (AvgIpc) is 2.26. The lowest BCUT2D eigenvalue weighted by molar-refractivity contribution is -0.143. The maximum atomic E-state index is 11.5. The van der Waals surface area contributed by atoms with Crippen molar-refractivity contribution in [2.45, 2.75) is 52.2 Å². The smallest absolute Gasteiger partial charge is 0.326 e. The number of rotatable bonds is 9. The van der Waals surface area contributed by atoms with Gasteiger partial charge in [0, 0.05) is 26.1 Å². The molecular weight excluding hydrogens is 250 g/mol. The summed E-state index contributed by atoms with van der Waals surface area (Å²) in [5.41, 5.74) is -0.317. The Morgan fingerprint density at radius 2 is 1.89 bits per heavy atom. The molecule has 112 valence electrons. The molecule has 0 aromatic rings. The van der Waals surface area contributed by atoms with Crippen LogP contribution in [-0.2, 0) is 19.1 Å². The van der Waals surface area contributed by atoms with Crippen LogP contribution >= 0.6 is 0 Å². The standard InChI is InChI=1S/C13H25NO5/c1-5-18-8-7-11(15)14-10(12(16)17)6-9-19-13(2,3)4/h10H,5-9H2,1-4H3,(H,14,15)(H,16,17). The molecule has 1 amide bonds. The summed E-state index contributed by atoms with van der Waals surface area (Å²) in [6, 6.07) is -0.920. The highest BCUT2D eigenvalue weighted by Crippen LogP contribution is 2.08. The van der Waals surface area contributed by atoms with Crippen LogP contribution in [0.3, 0.4) is 0 Å². The van der Waals surface area contributed by atoms with E-state index in [4.69, 9.17) is 14.6 Å². The number of carboxylic acid groups (broad SMARTS) is 1. The van der Waals surface area contributed by atoms with Gasteiger partial charge in [0.2, 0.25) is 5.91 Å². The van der Waals surface area contributed by atoms with Crippen molar-refractivity contribution in [1.29, 1.82) is 0 Å². The third kappa shape index (κ3) is 10.5. The maximum absolute atomic E-state index is 11.5. The maximum Gasteiger partial charge on any atom is 0.326 e. The Bertz CT molecular complexity index is 285. The predicted molar refractivity (Wildman–Crippen MR) is 71.0 cm³/mol. The molecule has 1 unspecified atom stereocenters. The van der Waals surface area contributed by atoms with Gasteiger partial charge in [-0.3, -0.25) is 4.79 Å². The molecule has 0 fully saturated rings. The van der Waals surface area contributed by atoms with E-state index < -0.39 is 12.0 Å². The molecule has 0 bridgehead atoms. The second kappa shape index (κ2) is 8.87. The number of nitrogens with one attached hydrogen (secondary N) is 1. The van der Waals surface area contributed by atoms with Gasteiger partial charge in [0.1, 0.15) is 6.04 Å². The fraction of sp³-hybridized carbons (Fsp3) is 0.846. The van der Waals surface area contributed by atoms with Gasteiger partial charge in [-0.15, -0.1) is 0 Å². The predicted octanol–water partition coefficient (Wildman–Crippen LogP) is 1.19. The van der Waals surface area contributed by atoms with E-state index in [9.17, 15) is 9.59 Å².